The zero-order chi connectivity index (χ0) is 19.3. The number of rotatable bonds is 7. The molecule has 2 aromatic carbocycles. The molecule has 2 aromatic rings. The summed E-state index contributed by atoms with van der Waals surface area (Å²) in [6.45, 7) is 8.31. The van der Waals surface area contributed by atoms with Gasteiger partial charge in [0.1, 0.15) is 0 Å². The summed E-state index contributed by atoms with van der Waals surface area (Å²) in [6.07, 6.45) is 0. The van der Waals surface area contributed by atoms with Crippen LogP contribution in [-0.4, -0.2) is 61.2 Å². The van der Waals surface area contributed by atoms with E-state index in [0.717, 1.165) is 19.6 Å². The fraction of sp³-hybridized carbons (Fsp3) is 0.429. The molecule has 0 N–H and O–H groups in total. The van der Waals surface area contributed by atoms with Gasteiger partial charge in [-0.25, -0.2) is 0 Å². The van der Waals surface area contributed by atoms with Crippen LogP contribution in [0.4, 0.5) is 0 Å². The molecule has 0 bridgehead atoms. The second-order valence-electron chi connectivity index (χ2n) is 6.83. The molecule has 1 aliphatic heterocycles. The molecule has 1 heterocycles. The summed E-state index contributed by atoms with van der Waals surface area (Å²) in [4.78, 5) is 2.33. The summed E-state index contributed by atoms with van der Waals surface area (Å²) in [5.74, 6) is 0. The predicted octanol–water partition coefficient (Wildman–Crippen LogP) is 3.06. The van der Waals surface area contributed by atoms with Gasteiger partial charge < -0.3 is 0 Å². The van der Waals surface area contributed by atoms with Gasteiger partial charge in [0.15, 0.2) is 0 Å². The van der Waals surface area contributed by atoms with Crippen molar-refractivity contribution in [1.29, 1.82) is 0 Å². The van der Waals surface area contributed by atoms with Crippen molar-refractivity contribution in [3.05, 3.63) is 60.2 Å². The van der Waals surface area contributed by atoms with Crippen LogP contribution in [0.25, 0.3) is 11.1 Å². The molecule has 5 nitrogen and oxygen atoms in total. The van der Waals surface area contributed by atoms with Gasteiger partial charge in [-0.15, -0.1) is 0 Å². The smallest absolute Gasteiger partial charge is 0.282 e. The van der Waals surface area contributed by atoms with E-state index in [2.05, 4.69) is 53.4 Å². The van der Waals surface area contributed by atoms with E-state index in [4.69, 9.17) is 0 Å². The summed E-state index contributed by atoms with van der Waals surface area (Å²) in [5.41, 5.74) is 3.70. The molecule has 1 aliphatic rings. The van der Waals surface area contributed by atoms with Crippen LogP contribution in [-0.2, 0) is 16.8 Å². The van der Waals surface area contributed by atoms with Crippen molar-refractivity contribution < 1.29 is 8.42 Å². The molecule has 3 rings (SSSR count). The highest BCUT2D eigenvalue weighted by molar-refractivity contribution is 7.86. The van der Waals surface area contributed by atoms with Crippen LogP contribution in [0.3, 0.4) is 0 Å². The average molecular weight is 388 g/mol. The molecule has 0 amide bonds. The van der Waals surface area contributed by atoms with Crippen molar-refractivity contribution in [3.8, 4) is 11.1 Å². The summed E-state index contributed by atoms with van der Waals surface area (Å²) < 4.78 is 28.4. The molecule has 0 aromatic heterocycles. The Balaban J connectivity index is 1.56. The first-order valence-electron chi connectivity index (χ1n) is 9.66. The van der Waals surface area contributed by atoms with Gasteiger partial charge in [-0.2, -0.15) is 17.0 Å². The average Bonchev–Trinajstić information content (AvgIpc) is 2.70. The highest BCUT2D eigenvalue weighted by Gasteiger charge is 2.30. The third-order valence-corrected chi connectivity index (χ3v) is 7.34. The van der Waals surface area contributed by atoms with E-state index in [1.807, 2.05) is 19.9 Å². The van der Waals surface area contributed by atoms with Gasteiger partial charge in [-0.1, -0.05) is 68.4 Å². The molecule has 146 valence electrons. The molecular weight excluding hydrogens is 358 g/mol. The normalized spacial score (nSPS) is 16.7. The van der Waals surface area contributed by atoms with E-state index in [9.17, 15) is 8.42 Å². The minimum Gasteiger partial charge on any atom is -0.296 e. The molecule has 0 spiro atoms. The SMILES string of the molecule is CCN(CC)S(=O)(=O)N1CCN(Cc2ccc(-c3ccccc3)cc2)CC1. The standard InChI is InChI=1S/C21H29N3O2S/c1-3-23(4-2)27(25,26)24-16-14-22(15-17-24)18-19-10-12-21(13-11-19)20-8-6-5-7-9-20/h5-13H,3-4,14-18H2,1-2H3. The lowest BCUT2D eigenvalue weighted by molar-refractivity contribution is 0.175. The Morgan fingerprint density at radius 1 is 0.815 bits per heavy atom. The molecule has 1 saturated heterocycles. The largest absolute Gasteiger partial charge is 0.296 e. The second kappa shape index (κ2) is 8.97. The van der Waals surface area contributed by atoms with E-state index >= 15 is 0 Å². The predicted molar refractivity (Wildman–Crippen MR) is 111 cm³/mol. The zero-order valence-electron chi connectivity index (χ0n) is 16.2. The molecule has 0 saturated carbocycles. The Morgan fingerprint density at radius 3 is 1.93 bits per heavy atom. The van der Waals surface area contributed by atoms with Crippen LogP contribution < -0.4 is 0 Å². The highest BCUT2D eigenvalue weighted by atomic mass is 32.2. The number of hydrogen-bond donors (Lipinski definition) is 0. The molecule has 0 unspecified atom stereocenters. The fourth-order valence-corrected chi connectivity index (χ4v) is 5.13. The Hall–Kier alpha value is -1.73. The lowest BCUT2D eigenvalue weighted by Crippen LogP contribution is -2.52. The number of benzene rings is 2. The van der Waals surface area contributed by atoms with Gasteiger partial charge in [0.2, 0.25) is 0 Å². The van der Waals surface area contributed by atoms with Gasteiger partial charge in [-0.3, -0.25) is 4.90 Å². The lowest BCUT2D eigenvalue weighted by atomic mass is 10.0. The minimum atomic E-state index is -3.32. The first-order valence-corrected chi connectivity index (χ1v) is 11.1. The molecule has 27 heavy (non-hydrogen) atoms. The molecule has 0 aliphatic carbocycles. The van der Waals surface area contributed by atoms with Crippen molar-refractivity contribution in [1.82, 2.24) is 13.5 Å². The Labute approximate surface area is 163 Å². The van der Waals surface area contributed by atoms with Crippen LogP contribution in [0.2, 0.25) is 0 Å². The van der Waals surface area contributed by atoms with Crippen molar-refractivity contribution >= 4 is 10.2 Å². The zero-order valence-corrected chi connectivity index (χ0v) is 17.0. The van der Waals surface area contributed by atoms with Crippen molar-refractivity contribution in [2.45, 2.75) is 20.4 Å². The van der Waals surface area contributed by atoms with Gasteiger partial charge in [0, 0.05) is 45.8 Å². The lowest BCUT2D eigenvalue weighted by Gasteiger charge is -2.36. The summed E-state index contributed by atoms with van der Waals surface area (Å²) in [5, 5.41) is 0. The Morgan fingerprint density at radius 2 is 1.37 bits per heavy atom. The molecule has 1 fully saturated rings. The maximum atomic E-state index is 12.6. The fourth-order valence-electron chi connectivity index (χ4n) is 3.52. The Bertz CT molecular complexity index is 810. The number of nitrogens with zero attached hydrogens (tertiary/aromatic N) is 3. The third kappa shape index (κ3) is 4.76. The van der Waals surface area contributed by atoms with Crippen LogP contribution in [0.15, 0.2) is 54.6 Å². The molecular formula is C21H29N3O2S. The third-order valence-electron chi connectivity index (χ3n) is 5.16. The van der Waals surface area contributed by atoms with Crippen molar-refractivity contribution in [3.63, 3.8) is 0 Å². The van der Waals surface area contributed by atoms with E-state index in [0.29, 0.717) is 26.2 Å². The van der Waals surface area contributed by atoms with Crippen LogP contribution in [0, 0.1) is 0 Å². The Kier molecular flexibility index (Phi) is 6.65. The monoisotopic (exact) mass is 387 g/mol. The molecule has 0 radical (unpaired) electrons. The van der Waals surface area contributed by atoms with Crippen LogP contribution in [0.1, 0.15) is 19.4 Å². The van der Waals surface area contributed by atoms with Crippen molar-refractivity contribution in [2.24, 2.45) is 0 Å². The first kappa shape index (κ1) is 20.0. The van der Waals surface area contributed by atoms with Gasteiger partial charge in [0.05, 0.1) is 0 Å². The van der Waals surface area contributed by atoms with Crippen LogP contribution >= 0.6 is 0 Å². The van der Waals surface area contributed by atoms with E-state index in [1.165, 1.54) is 21.0 Å². The van der Waals surface area contributed by atoms with Gasteiger partial charge in [-0.05, 0) is 16.7 Å². The quantitative estimate of drug-likeness (QED) is 0.733. The maximum absolute atomic E-state index is 12.6. The second-order valence-corrected chi connectivity index (χ2v) is 8.76. The topological polar surface area (TPSA) is 43.9 Å². The summed E-state index contributed by atoms with van der Waals surface area (Å²) in [6, 6.07) is 19.0. The number of hydrogen-bond acceptors (Lipinski definition) is 3. The summed E-state index contributed by atoms with van der Waals surface area (Å²) in [7, 11) is -3.32. The van der Waals surface area contributed by atoms with Gasteiger partial charge in [0.25, 0.3) is 10.2 Å². The van der Waals surface area contributed by atoms with E-state index < -0.39 is 10.2 Å². The summed E-state index contributed by atoms with van der Waals surface area (Å²) >= 11 is 0. The van der Waals surface area contributed by atoms with E-state index in [-0.39, 0.29) is 0 Å². The molecule has 0 atom stereocenters. The van der Waals surface area contributed by atoms with Crippen molar-refractivity contribution in [2.75, 3.05) is 39.3 Å². The molecule has 6 heteroatoms. The number of piperazine rings is 1. The van der Waals surface area contributed by atoms with Crippen LogP contribution in [0.5, 0.6) is 0 Å². The van der Waals surface area contributed by atoms with Gasteiger partial charge >= 0.3 is 0 Å². The first-order chi connectivity index (χ1) is 13.0. The minimum absolute atomic E-state index is 0.521. The highest BCUT2D eigenvalue weighted by Crippen LogP contribution is 2.20. The maximum Gasteiger partial charge on any atom is 0.282 e. The van der Waals surface area contributed by atoms with E-state index in [1.54, 1.807) is 4.31 Å².